The normalized spacial score (nSPS) is 10.5. The maximum absolute atomic E-state index is 11.9. The Kier molecular flexibility index (Phi) is 7.24. The fourth-order valence-corrected chi connectivity index (χ4v) is 2.14. The summed E-state index contributed by atoms with van der Waals surface area (Å²) in [5.41, 5.74) is 19.7. The molecule has 2 aromatic rings. The number of allylic oxidation sites excluding steroid dienone is 2. The van der Waals surface area contributed by atoms with Crippen molar-refractivity contribution in [3.8, 4) is 0 Å². The van der Waals surface area contributed by atoms with Crippen LogP contribution in [0.4, 0.5) is 11.4 Å². The van der Waals surface area contributed by atoms with Crippen LogP contribution < -0.4 is 0 Å². The summed E-state index contributed by atoms with van der Waals surface area (Å²) in [4.78, 5) is 17.3. The van der Waals surface area contributed by atoms with Gasteiger partial charge >= 0.3 is 0 Å². The van der Waals surface area contributed by atoms with E-state index in [2.05, 4.69) is 20.1 Å². The summed E-state index contributed by atoms with van der Waals surface area (Å²) in [6.45, 7) is 0. The van der Waals surface area contributed by atoms with Gasteiger partial charge in [0.15, 0.2) is 0 Å². The molecule has 0 atom stereocenters. The van der Waals surface area contributed by atoms with Crippen molar-refractivity contribution in [2.45, 2.75) is 12.8 Å². The molecule has 2 aromatic carbocycles. The van der Waals surface area contributed by atoms with Crippen LogP contribution in [0.25, 0.3) is 33.0 Å². The molecular weight excluding hydrogens is 328 g/mol. The van der Waals surface area contributed by atoms with E-state index in [0.717, 1.165) is 11.1 Å². The highest BCUT2D eigenvalue weighted by atomic mass is 16.1. The Hall–Kier alpha value is -3.79. The molecule has 0 N–H and O–H groups in total. The monoisotopic (exact) mass is 344 g/mol. The molecule has 0 saturated heterocycles. The summed E-state index contributed by atoms with van der Waals surface area (Å²) in [5.74, 6) is 0.105. The third kappa shape index (κ3) is 6.37. The minimum absolute atomic E-state index is 0.105. The molecule has 0 radical (unpaired) electrons. The van der Waals surface area contributed by atoms with Gasteiger partial charge in [0.25, 0.3) is 0 Å². The Morgan fingerprint density at radius 1 is 0.769 bits per heavy atom. The molecule has 0 bridgehead atoms. The number of azide groups is 2. The van der Waals surface area contributed by atoms with Crippen LogP contribution in [0, 0.1) is 0 Å². The molecule has 0 amide bonds. The van der Waals surface area contributed by atoms with E-state index >= 15 is 0 Å². The third-order valence-electron chi connectivity index (χ3n) is 3.42. The Bertz CT molecular complexity index is 825. The topological polar surface area (TPSA) is 115 Å². The van der Waals surface area contributed by atoms with Crippen LogP contribution in [0.2, 0.25) is 0 Å². The van der Waals surface area contributed by atoms with Crippen molar-refractivity contribution in [3.63, 3.8) is 0 Å². The molecule has 0 aromatic heterocycles. The predicted octanol–water partition coefficient (Wildman–Crippen LogP) is 6.65. The maximum atomic E-state index is 11.9. The molecule has 0 heterocycles. The van der Waals surface area contributed by atoms with Gasteiger partial charge in [-0.1, -0.05) is 83.1 Å². The number of nitrogens with zero attached hydrogens (tertiary/aromatic N) is 6. The molecule has 2 rings (SSSR count). The van der Waals surface area contributed by atoms with Gasteiger partial charge < -0.3 is 0 Å². The SMILES string of the molecule is [N-]=[N+]=Nc1ccc(C=CCC(=O)CC=Cc2ccc(N=[N+]=[N-])cc2)cc1. The lowest BCUT2D eigenvalue weighted by Gasteiger charge is -1.96. The zero-order valence-electron chi connectivity index (χ0n) is 13.9. The summed E-state index contributed by atoms with van der Waals surface area (Å²) in [7, 11) is 0. The zero-order valence-corrected chi connectivity index (χ0v) is 13.9. The second-order valence-corrected chi connectivity index (χ2v) is 5.31. The first-order valence-electron chi connectivity index (χ1n) is 7.86. The molecule has 0 aliphatic rings. The number of hydrogen-bond acceptors (Lipinski definition) is 3. The van der Waals surface area contributed by atoms with Gasteiger partial charge in [-0.05, 0) is 22.2 Å². The van der Waals surface area contributed by atoms with Crippen LogP contribution in [0.15, 0.2) is 70.9 Å². The van der Waals surface area contributed by atoms with Crippen molar-refractivity contribution >= 4 is 29.3 Å². The van der Waals surface area contributed by atoms with Crippen LogP contribution in [-0.4, -0.2) is 5.78 Å². The third-order valence-corrected chi connectivity index (χ3v) is 3.42. The molecule has 0 spiro atoms. The number of Topliss-reactive ketones (excluding diaryl/α,β-unsaturated/α-hetero) is 1. The molecule has 7 heteroatoms. The number of rotatable bonds is 8. The van der Waals surface area contributed by atoms with Gasteiger partial charge in [-0.25, -0.2) is 0 Å². The molecule has 26 heavy (non-hydrogen) atoms. The molecule has 7 nitrogen and oxygen atoms in total. The van der Waals surface area contributed by atoms with E-state index in [4.69, 9.17) is 11.1 Å². The van der Waals surface area contributed by atoms with Crippen molar-refractivity contribution in [3.05, 3.63) is 92.7 Å². The van der Waals surface area contributed by atoms with E-state index in [0.29, 0.717) is 24.2 Å². The van der Waals surface area contributed by atoms with Gasteiger partial charge in [-0.15, -0.1) is 0 Å². The van der Waals surface area contributed by atoms with Crippen LogP contribution in [-0.2, 0) is 4.79 Å². The van der Waals surface area contributed by atoms with E-state index in [-0.39, 0.29) is 5.78 Å². The molecule has 0 unspecified atom stereocenters. The van der Waals surface area contributed by atoms with Crippen molar-refractivity contribution < 1.29 is 4.79 Å². The largest absolute Gasteiger partial charge is 0.299 e. The minimum atomic E-state index is 0.105. The molecule has 0 fully saturated rings. The molecule has 0 aliphatic heterocycles. The van der Waals surface area contributed by atoms with Gasteiger partial charge in [0.2, 0.25) is 0 Å². The summed E-state index contributed by atoms with van der Waals surface area (Å²) in [6.07, 6.45) is 8.03. The number of ketones is 1. The maximum Gasteiger partial charge on any atom is 0.140 e. The Morgan fingerprint density at radius 2 is 1.15 bits per heavy atom. The summed E-state index contributed by atoms with van der Waals surface area (Å²) in [5, 5.41) is 7.01. The van der Waals surface area contributed by atoms with Gasteiger partial charge in [-0.2, -0.15) is 0 Å². The first-order valence-corrected chi connectivity index (χ1v) is 7.86. The zero-order chi connectivity index (χ0) is 18.6. The molecule has 128 valence electrons. The van der Waals surface area contributed by atoms with E-state index < -0.39 is 0 Å². The van der Waals surface area contributed by atoms with Crippen LogP contribution >= 0.6 is 0 Å². The van der Waals surface area contributed by atoms with E-state index in [1.54, 1.807) is 24.3 Å². The molecule has 0 aliphatic carbocycles. The van der Waals surface area contributed by atoms with E-state index in [9.17, 15) is 4.79 Å². The summed E-state index contributed by atoms with van der Waals surface area (Å²) >= 11 is 0. The Balaban J connectivity index is 1.80. The fraction of sp³-hybridized carbons (Fsp3) is 0.105. The van der Waals surface area contributed by atoms with Crippen LogP contribution in [0.5, 0.6) is 0 Å². The second kappa shape index (κ2) is 10.2. The van der Waals surface area contributed by atoms with Gasteiger partial charge in [0, 0.05) is 34.0 Å². The second-order valence-electron chi connectivity index (χ2n) is 5.31. The van der Waals surface area contributed by atoms with Gasteiger partial charge in [0.05, 0.1) is 0 Å². The molecule has 0 saturated carbocycles. The highest BCUT2D eigenvalue weighted by Gasteiger charge is 1.96. The predicted molar refractivity (Wildman–Crippen MR) is 103 cm³/mol. The lowest BCUT2D eigenvalue weighted by molar-refractivity contribution is -0.117. The summed E-state index contributed by atoms with van der Waals surface area (Å²) < 4.78 is 0. The average Bonchev–Trinajstić information content (AvgIpc) is 2.65. The minimum Gasteiger partial charge on any atom is -0.299 e. The quantitative estimate of drug-likeness (QED) is 0.298. The Labute approximate surface area is 150 Å². The van der Waals surface area contributed by atoms with Gasteiger partial charge in [0.1, 0.15) is 5.78 Å². The number of carbonyl (C=O) groups is 1. The van der Waals surface area contributed by atoms with Crippen molar-refractivity contribution in [2.24, 2.45) is 10.2 Å². The standard InChI is InChI=1S/C19H16N6O/c20-24-22-17-11-7-15(8-12-17)3-1-5-19(26)6-2-4-16-9-13-18(14-10-16)23-25-21/h1-4,7-14H,5-6H2. The smallest absolute Gasteiger partial charge is 0.140 e. The average molecular weight is 344 g/mol. The van der Waals surface area contributed by atoms with E-state index in [1.165, 1.54) is 0 Å². The number of benzene rings is 2. The van der Waals surface area contributed by atoms with Gasteiger partial charge in [-0.3, -0.25) is 4.79 Å². The number of carbonyl (C=O) groups excluding carboxylic acids is 1. The lowest BCUT2D eigenvalue weighted by atomic mass is 10.1. The lowest BCUT2D eigenvalue weighted by Crippen LogP contribution is -1.92. The highest BCUT2D eigenvalue weighted by molar-refractivity contribution is 5.82. The van der Waals surface area contributed by atoms with Crippen molar-refractivity contribution in [2.75, 3.05) is 0 Å². The van der Waals surface area contributed by atoms with Crippen LogP contribution in [0.1, 0.15) is 24.0 Å². The fourth-order valence-electron chi connectivity index (χ4n) is 2.14. The highest BCUT2D eigenvalue weighted by Crippen LogP contribution is 2.15. The first-order chi connectivity index (χ1) is 12.7. The van der Waals surface area contributed by atoms with Crippen molar-refractivity contribution in [1.29, 1.82) is 0 Å². The number of hydrogen-bond donors (Lipinski definition) is 0. The Morgan fingerprint density at radius 3 is 1.50 bits per heavy atom. The van der Waals surface area contributed by atoms with Crippen LogP contribution in [0.3, 0.4) is 0 Å². The molecular formula is C19H16N6O. The van der Waals surface area contributed by atoms with Crippen molar-refractivity contribution in [1.82, 2.24) is 0 Å². The summed E-state index contributed by atoms with van der Waals surface area (Å²) in [6, 6.07) is 14.2. The first kappa shape index (κ1) is 18.5. The van der Waals surface area contributed by atoms with E-state index in [1.807, 2.05) is 48.6 Å².